The van der Waals surface area contributed by atoms with E-state index in [1.165, 1.54) is 6.20 Å². The van der Waals surface area contributed by atoms with E-state index in [0.29, 0.717) is 23.5 Å². The van der Waals surface area contributed by atoms with Gasteiger partial charge in [0.2, 0.25) is 5.95 Å². The van der Waals surface area contributed by atoms with Crippen molar-refractivity contribution in [1.29, 1.82) is 0 Å². The number of aromatic amines is 1. The maximum Gasteiger partial charge on any atom is 0.237 e. The lowest BCUT2D eigenvalue weighted by molar-refractivity contribution is 0.0251. The first-order chi connectivity index (χ1) is 16.9. The Morgan fingerprint density at radius 1 is 1.14 bits per heavy atom. The van der Waals surface area contributed by atoms with Gasteiger partial charge in [0.05, 0.1) is 11.9 Å². The van der Waals surface area contributed by atoms with Crippen LogP contribution in [0.1, 0.15) is 48.4 Å². The van der Waals surface area contributed by atoms with E-state index in [-0.39, 0.29) is 22.6 Å². The van der Waals surface area contributed by atoms with Gasteiger partial charge in [0, 0.05) is 31.0 Å². The number of nitrogens with one attached hydrogen (secondary N) is 1. The highest BCUT2D eigenvalue weighted by molar-refractivity contribution is 6.32. The van der Waals surface area contributed by atoms with Crippen molar-refractivity contribution in [2.75, 3.05) is 36.9 Å². The molecule has 0 saturated carbocycles. The first-order valence-corrected chi connectivity index (χ1v) is 12.5. The summed E-state index contributed by atoms with van der Waals surface area (Å²) < 4.78 is 21.3. The summed E-state index contributed by atoms with van der Waals surface area (Å²) in [7, 11) is 0. The van der Waals surface area contributed by atoms with Crippen molar-refractivity contribution in [3.63, 3.8) is 0 Å². The zero-order chi connectivity index (χ0) is 24.5. The van der Waals surface area contributed by atoms with Crippen molar-refractivity contribution in [2.24, 2.45) is 0 Å². The molecule has 2 aromatic heterocycles. The van der Waals surface area contributed by atoms with Crippen molar-refractivity contribution in [1.82, 2.24) is 25.1 Å². The number of piperidine rings is 1. The van der Waals surface area contributed by atoms with Gasteiger partial charge in [0.25, 0.3) is 0 Å². The van der Waals surface area contributed by atoms with Crippen LogP contribution < -0.4 is 10.6 Å². The number of halogens is 2. The van der Waals surface area contributed by atoms with Crippen LogP contribution in [-0.2, 0) is 4.74 Å². The predicted molar refractivity (Wildman–Crippen MR) is 135 cm³/mol. The minimum Gasteiger partial charge on any atom is -0.382 e. The molecule has 2 aliphatic rings. The van der Waals surface area contributed by atoms with Gasteiger partial charge in [-0.2, -0.15) is 10.1 Å². The number of rotatable bonds is 5. The number of benzene rings is 1. The summed E-state index contributed by atoms with van der Waals surface area (Å²) in [5.41, 5.74) is 9.18. The van der Waals surface area contributed by atoms with Gasteiger partial charge in [-0.1, -0.05) is 11.6 Å². The summed E-state index contributed by atoms with van der Waals surface area (Å²) >= 11 is 6.03. The molecule has 5 rings (SSSR count). The van der Waals surface area contributed by atoms with E-state index in [2.05, 4.69) is 25.1 Å². The van der Waals surface area contributed by atoms with Gasteiger partial charge in [0.15, 0.2) is 5.82 Å². The number of nitrogens with zero attached hydrogens (tertiary/aromatic N) is 5. The van der Waals surface area contributed by atoms with Crippen LogP contribution in [-0.4, -0.2) is 57.4 Å². The summed E-state index contributed by atoms with van der Waals surface area (Å²) in [4.78, 5) is 12.8. The lowest BCUT2D eigenvalue weighted by Crippen LogP contribution is -2.43. The Hall–Kier alpha value is -2.75. The summed E-state index contributed by atoms with van der Waals surface area (Å²) in [5, 5.41) is 7.47. The van der Waals surface area contributed by atoms with E-state index in [4.69, 9.17) is 22.1 Å². The number of hydrogen-bond donors (Lipinski definition) is 2. The first-order valence-electron chi connectivity index (χ1n) is 12.1. The topological polar surface area (TPSA) is 96.2 Å². The number of H-pyrrole nitrogens is 1. The molecule has 186 valence electrons. The lowest BCUT2D eigenvalue weighted by Gasteiger charge is -2.39. The van der Waals surface area contributed by atoms with E-state index in [0.717, 1.165) is 68.8 Å². The summed E-state index contributed by atoms with van der Waals surface area (Å²) in [6.07, 6.45) is 5.67. The van der Waals surface area contributed by atoms with Crippen LogP contribution in [0.4, 0.5) is 27.7 Å². The predicted octanol–water partition coefficient (Wildman–Crippen LogP) is 5.02. The molecule has 10 heteroatoms. The molecule has 3 N–H and O–H groups in total. The Kier molecular flexibility index (Phi) is 6.91. The molecule has 2 fully saturated rings. The molecule has 35 heavy (non-hydrogen) atoms. The van der Waals surface area contributed by atoms with Crippen LogP contribution in [0.15, 0.2) is 24.4 Å². The monoisotopic (exact) mass is 499 g/mol. The highest BCUT2D eigenvalue weighted by atomic mass is 35.5. The second-order valence-electron chi connectivity index (χ2n) is 9.46. The number of aromatic nitrogens is 4. The van der Waals surface area contributed by atoms with Crippen molar-refractivity contribution in [2.45, 2.75) is 51.5 Å². The van der Waals surface area contributed by atoms with Gasteiger partial charge in [0.1, 0.15) is 16.7 Å². The zero-order valence-corrected chi connectivity index (χ0v) is 20.9. The molecular formula is C25H31ClFN7O. The molecule has 2 saturated heterocycles. The number of nitrogens with two attached hydrogens (primary N) is 1. The summed E-state index contributed by atoms with van der Waals surface area (Å²) in [6.45, 7) is 7.69. The van der Waals surface area contributed by atoms with Gasteiger partial charge in [-0.25, -0.2) is 9.37 Å². The fourth-order valence-corrected chi connectivity index (χ4v) is 5.34. The molecule has 0 spiro atoms. The van der Waals surface area contributed by atoms with Crippen LogP contribution in [0.3, 0.4) is 0 Å². The zero-order valence-electron chi connectivity index (χ0n) is 20.1. The molecular weight excluding hydrogens is 469 g/mol. The molecule has 0 atom stereocenters. The van der Waals surface area contributed by atoms with Gasteiger partial charge >= 0.3 is 0 Å². The molecule has 4 heterocycles. The standard InChI is InChI=1S/C25H31ClFN7O/c1-15-11-22(34(23-12-16(2)31-32-23)25-29-14-20(26)24(28)30-25)21(27)13-19(15)17-3-7-33(8-4-17)18-5-9-35-10-6-18/h11-14,17-18H,3-10H2,1-2H3,(H,31,32)(H2,28,29,30). The van der Waals surface area contributed by atoms with Crippen molar-refractivity contribution in [3.8, 4) is 0 Å². The average Bonchev–Trinajstić information content (AvgIpc) is 3.29. The third kappa shape index (κ3) is 4.98. The van der Waals surface area contributed by atoms with Crippen LogP contribution in [0.5, 0.6) is 0 Å². The third-order valence-electron chi connectivity index (χ3n) is 7.13. The maximum atomic E-state index is 15.7. The van der Waals surface area contributed by atoms with E-state index < -0.39 is 0 Å². The highest BCUT2D eigenvalue weighted by Gasteiger charge is 2.29. The van der Waals surface area contributed by atoms with Crippen LogP contribution in [0, 0.1) is 19.7 Å². The normalized spacial score (nSPS) is 18.2. The Morgan fingerprint density at radius 3 is 2.54 bits per heavy atom. The molecule has 0 radical (unpaired) electrons. The third-order valence-corrected chi connectivity index (χ3v) is 7.42. The summed E-state index contributed by atoms with van der Waals surface area (Å²) in [5.74, 6) is 0.779. The van der Waals surface area contributed by atoms with Crippen LogP contribution in [0.25, 0.3) is 0 Å². The second kappa shape index (κ2) is 10.1. The highest BCUT2D eigenvalue weighted by Crippen LogP contribution is 2.39. The van der Waals surface area contributed by atoms with Crippen LogP contribution in [0.2, 0.25) is 5.02 Å². The van der Waals surface area contributed by atoms with Crippen molar-refractivity contribution in [3.05, 3.63) is 52.1 Å². The lowest BCUT2D eigenvalue weighted by atomic mass is 9.85. The molecule has 0 aliphatic carbocycles. The van der Waals surface area contributed by atoms with E-state index >= 15 is 4.39 Å². The Bertz CT molecular complexity index is 1190. The molecule has 8 nitrogen and oxygen atoms in total. The second-order valence-corrected chi connectivity index (χ2v) is 9.87. The smallest absolute Gasteiger partial charge is 0.237 e. The van der Waals surface area contributed by atoms with Gasteiger partial charge in [-0.15, -0.1) is 0 Å². The van der Waals surface area contributed by atoms with Crippen molar-refractivity contribution < 1.29 is 9.13 Å². The number of ether oxygens (including phenoxy) is 1. The van der Waals surface area contributed by atoms with Crippen molar-refractivity contribution >= 4 is 34.9 Å². The van der Waals surface area contributed by atoms with E-state index in [1.54, 1.807) is 11.0 Å². The Labute approximate surface area is 209 Å². The largest absolute Gasteiger partial charge is 0.382 e. The fourth-order valence-electron chi connectivity index (χ4n) is 5.25. The Morgan fingerprint density at radius 2 is 1.89 bits per heavy atom. The molecule has 3 aromatic rings. The molecule has 0 bridgehead atoms. The first kappa shape index (κ1) is 24.0. The van der Waals surface area contributed by atoms with Crippen LogP contribution >= 0.6 is 11.6 Å². The molecule has 0 unspecified atom stereocenters. The van der Waals surface area contributed by atoms with E-state index in [9.17, 15) is 0 Å². The van der Waals surface area contributed by atoms with Gasteiger partial charge in [-0.05, 0) is 81.8 Å². The number of nitrogen functional groups attached to an aromatic ring is 1. The molecule has 0 amide bonds. The van der Waals surface area contributed by atoms with E-state index in [1.807, 2.05) is 26.0 Å². The minimum atomic E-state index is -0.352. The number of anilines is 4. The maximum absolute atomic E-state index is 15.7. The number of aryl methyl sites for hydroxylation is 2. The quantitative estimate of drug-likeness (QED) is 0.508. The number of likely N-dealkylation sites (tertiary alicyclic amines) is 1. The molecule has 1 aromatic carbocycles. The molecule has 2 aliphatic heterocycles. The van der Waals surface area contributed by atoms with Gasteiger partial charge < -0.3 is 15.4 Å². The summed E-state index contributed by atoms with van der Waals surface area (Å²) in [6, 6.07) is 5.95. The fraction of sp³-hybridized carbons (Fsp3) is 0.480. The number of hydrogen-bond acceptors (Lipinski definition) is 7. The minimum absolute atomic E-state index is 0.124. The average molecular weight is 500 g/mol. The Balaban J connectivity index is 1.42. The van der Waals surface area contributed by atoms with Gasteiger partial charge in [-0.3, -0.25) is 10.00 Å². The SMILES string of the molecule is Cc1cc(N(c2ncc(Cl)c(N)n2)c2cc(C)c(C3CCN(C4CCOCC4)CC3)cc2F)n[nH]1.